The standard InChI is InChI=1S/C38H71N3/c1-4-6-8-10-12-14-16-18-20-22-28-39(29-23-21-19-17-15-13-11-9-7-5-2)30-31-40-32-34-41(35-33-40)36-38-26-24-37(3)25-27-38/h24-27H,4-23,28-36H2,1-3H3. The highest BCUT2D eigenvalue weighted by Crippen LogP contribution is 2.14. The molecule has 1 heterocycles. The van der Waals surface area contributed by atoms with Crippen LogP contribution in [0.4, 0.5) is 0 Å². The first-order chi connectivity index (χ1) is 20.2. The Balaban J connectivity index is 1.60. The summed E-state index contributed by atoms with van der Waals surface area (Å²) in [7, 11) is 0. The van der Waals surface area contributed by atoms with Crippen LogP contribution in [0.2, 0.25) is 0 Å². The maximum Gasteiger partial charge on any atom is 0.0234 e. The number of hydrogen-bond donors (Lipinski definition) is 0. The Bertz CT molecular complexity index is 655. The molecule has 0 amide bonds. The van der Waals surface area contributed by atoms with Crippen LogP contribution in [0.1, 0.15) is 153 Å². The molecule has 0 aliphatic carbocycles. The van der Waals surface area contributed by atoms with E-state index in [1.807, 2.05) is 0 Å². The van der Waals surface area contributed by atoms with Crippen LogP contribution < -0.4 is 0 Å². The van der Waals surface area contributed by atoms with E-state index in [1.165, 1.54) is 192 Å². The summed E-state index contributed by atoms with van der Waals surface area (Å²) in [5, 5.41) is 0. The molecule has 0 bridgehead atoms. The van der Waals surface area contributed by atoms with Gasteiger partial charge in [-0.15, -0.1) is 0 Å². The molecule has 3 heteroatoms. The molecule has 0 aromatic heterocycles. The van der Waals surface area contributed by atoms with Gasteiger partial charge in [0.05, 0.1) is 0 Å². The summed E-state index contributed by atoms with van der Waals surface area (Å²) >= 11 is 0. The van der Waals surface area contributed by atoms with Gasteiger partial charge < -0.3 is 4.90 Å². The van der Waals surface area contributed by atoms with Crippen LogP contribution in [0, 0.1) is 6.92 Å². The second-order valence-corrected chi connectivity index (χ2v) is 13.3. The van der Waals surface area contributed by atoms with Crippen LogP contribution in [-0.2, 0) is 6.54 Å². The predicted molar refractivity (Wildman–Crippen MR) is 183 cm³/mol. The fourth-order valence-electron chi connectivity index (χ4n) is 6.39. The van der Waals surface area contributed by atoms with E-state index in [-0.39, 0.29) is 0 Å². The van der Waals surface area contributed by atoms with Crippen LogP contribution in [0.5, 0.6) is 0 Å². The largest absolute Gasteiger partial charge is 0.302 e. The van der Waals surface area contributed by atoms with Gasteiger partial charge in [0.2, 0.25) is 0 Å². The van der Waals surface area contributed by atoms with E-state index in [0.29, 0.717) is 0 Å². The average Bonchev–Trinajstić information content (AvgIpc) is 2.99. The first-order valence-corrected chi connectivity index (χ1v) is 18.4. The van der Waals surface area contributed by atoms with E-state index in [0.717, 1.165) is 6.54 Å². The van der Waals surface area contributed by atoms with Crippen LogP contribution in [0.15, 0.2) is 24.3 Å². The quantitative estimate of drug-likeness (QED) is 0.0976. The Labute approximate surface area is 257 Å². The van der Waals surface area contributed by atoms with Gasteiger partial charge in [-0.05, 0) is 38.4 Å². The molecule has 3 nitrogen and oxygen atoms in total. The van der Waals surface area contributed by atoms with Crippen molar-refractivity contribution >= 4 is 0 Å². The lowest BCUT2D eigenvalue weighted by Crippen LogP contribution is -2.48. The van der Waals surface area contributed by atoms with E-state index in [9.17, 15) is 0 Å². The van der Waals surface area contributed by atoms with Gasteiger partial charge in [0.15, 0.2) is 0 Å². The molecule has 1 fully saturated rings. The highest BCUT2D eigenvalue weighted by atomic mass is 15.3. The highest BCUT2D eigenvalue weighted by Gasteiger charge is 2.17. The maximum absolute atomic E-state index is 2.83. The van der Waals surface area contributed by atoms with Crippen molar-refractivity contribution in [3.63, 3.8) is 0 Å². The molecule has 0 saturated carbocycles. The monoisotopic (exact) mass is 570 g/mol. The third kappa shape index (κ3) is 19.8. The van der Waals surface area contributed by atoms with Gasteiger partial charge in [-0.25, -0.2) is 0 Å². The van der Waals surface area contributed by atoms with Crippen LogP contribution >= 0.6 is 0 Å². The van der Waals surface area contributed by atoms with Crippen molar-refractivity contribution < 1.29 is 0 Å². The molecule has 1 saturated heterocycles. The maximum atomic E-state index is 2.83. The third-order valence-corrected chi connectivity index (χ3v) is 9.38. The van der Waals surface area contributed by atoms with Crippen molar-refractivity contribution in [3.05, 3.63) is 35.4 Å². The average molecular weight is 570 g/mol. The Kier molecular flexibility index (Phi) is 22.6. The zero-order valence-electron chi connectivity index (χ0n) is 28.2. The van der Waals surface area contributed by atoms with E-state index in [1.54, 1.807) is 0 Å². The molecule has 0 radical (unpaired) electrons. The van der Waals surface area contributed by atoms with Gasteiger partial charge in [-0.1, -0.05) is 159 Å². The number of hydrogen-bond acceptors (Lipinski definition) is 3. The fourth-order valence-corrected chi connectivity index (χ4v) is 6.39. The fraction of sp³-hybridized carbons (Fsp3) is 0.842. The molecule has 0 spiro atoms. The smallest absolute Gasteiger partial charge is 0.0234 e. The summed E-state index contributed by atoms with van der Waals surface area (Å²) in [5.41, 5.74) is 2.82. The number of nitrogens with zero attached hydrogens (tertiary/aromatic N) is 3. The lowest BCUT2D eigenvalue weighted by molar-refractivity contribution is 0.113. The molecule has 0 N–H and O–H groups in total. The van der Waals surface area contributed by atoms with Gasteiger partial charge in [0.25, 0.3) is 0 Å². The zero-order valence-corrected chi connectivity index (χ0v) is 28.2. The number of aryl methyl sites for hydroxylation is 1. The van der Waals surface area contributed by atoms with Crippen molar-refractivity contribution in [1.82, 2.24) is 14.7 Å². The van der Waals surface area contributed by atoms with Crippen molar-refractivity contribution in [2.75, 3.05) is 52.4 Å². The van der Waals surface area contributed by atoms with Crippen molar-refractivity contribution in [3.8, 4) is 0 Å². The molecular weight excluding hydrogens is 498 g/mol. The minimum Gasteiger partial charge on any atom is -0.302 e. The Hall–Kier alpha value is -0.900. The third-order valence-electron chi connectivity index (χ3n) is 9.38. The van der Waals surface area contributed by atoms with Crippen molar-refractivity contribution in [2.45, 2.75) is 156 Å². The second-order valence-electron chi connectivity index (χ2n) is 13.3. The summed E-state index contributed by atoms with van der Waals surface area (Å²) < 4.78 is 0. The van der Waals surface area contributed by atoms with E-state index in [2.05, 4.69) is 59.7 Å². The summed E-state index contributed by atoms with van der Waals surface area (Å²) in [6, 6.07) is 9.12. The molecule has 0 atom stereocenters. The normalized spacial score (nSPS) is 14.8. The van der Waals surface area contributed by atoms with Crippen molar-refractivity contribution in [2.24, 2.45) is 0 Å². The molecule has 1 aromatic rings. The predicted octanol–water partition coefficient (Wildman–Crippen LogP) is 10.3. The Morgan fingerprint density at radius 2 is 0.878 bits per heavy atom. The minimum atomic E-state index is 1.11. The molecular formula is C38H71N3. The second kappa shape index (κ2) is 25.6. The number of benzene rings is 1. The minimum absolute atomic E-state index is 1.11. The van der Waals surface area contributed by atoms with E-state index >= 15 is 0 Å². The summed E-state index contributed by atoms with van der Waals surface area (Å²) in [6.45, 7) is 18.0. The molecule has 238 valence electrons. The first kappa shape index (κ1) is 36.3. The summed E-state index contributed by atoms with van der Waals surface area (Å²) in [6.07, 6.45) is 28.7. The van der Waals surface area contributed by atoms with Gasteiger partial charge in [-0.2, -0.15) is 0 Å². The molecule has 1 aliphatic rings. The SMILES string of the molecule is CCCCCCCCCCCCN(CCCCCCCCCCCC)CCN1CCN(Cc2ccc(C)cc2)CC1. The van der Waals surface area contributed by atoms with Gasteiger partial charge in [0, 0.05) is 45.8 Å². The lowest BCUT2D eigenvalue weighted by Gasteiger charge is -2.36. The van der Waals surface area contributed by atoms with Gasteiger partial charge in [-0.3, -0.25) is 9.80 Å². The number of piperazine rings is 1. The summed E-state index contributed by atoms with van der Waals surface area (Å²) in [5.74, 6) is 0. The van der Waals surface area contributed by atoms with Gasteiger partial charge in [0.1, 0.15) is 0 Å². The van der Waals surface area contributed by atoms with E-state index < -0.39 is 0 Å². The van der Waals surface area contributed by atoms with Crippen molar-refractivity contribution in [1.29, 1.82) is 0 Å². The van der Waals surface area contributed by atoms with Gasteiger partial charge >= 0.3 is 0 Å². The van der Waals surface area contributed by atoms with Crippen LogP contribution in [0.25, 0.3) is 0 Å². The molecule has 1 aliphatic heterocycles. The number of rotatable bonds is 27. The summed E-state index contributed by atoms with van der Waals surface area (Å²) in [4.78, 5) is 8.20. The number of unbranched alkanes of at least 4 members (excludes halogenated alkanes) is 18. The first-order valence-electron chi connectivity index (χ1n) is 18.4. The van der Waals surface area contributed by atoms with E-state index in [4.69, 9.17) is 0 Å². The van der Waals surface area contributed by atoms with Crippen LogP contribution in [0.3, 0.4) is 0 Å². The zero-order chi connectivity index (χ0) is 29.2. The lowest BCUT2D eigenvalue weighted by atomic mass is 10.1. The molecule has 41 heavy (non-hydrogen) atoms. The molecule has 0 unspecified atom stereocenters. The molecule has 1 aromatic carbocycles. The topological polar surface area (TPSA) is 9.72 Å². The molecule has 2 rings (SSSR count). The highest BCUT2D eigenvalue weighted by molar-refractivity contribution is 5.21. The van der Waals surface area contributed by atoms with Crippen LogP contribution in [-0.4, -0.2) is 67.1 Å². The Morgan fingerprint density at radius 1 is 0.488 bits per heavy atom. The Morgan fingerprint density at radius 3 is 1.32 bits per heavy atom.